The molecule has 1 aromatic heterocycles. The predicted molar refractivity (Wildman–Crippen MR) is 153 cm³/mol. The summed E-state index contributed by atoms with van der Waals surface area (Å²) in [5.74, 6) is 1.45. The van der Waals surface area contributed by atoms with Crippen molar-refractivity contribution in [3.8, 4) is 5.75 Å². The van der Waals surface area contributed by atoms with Gasteiger partial charge in [-0.05, 0) is 55.9 Å². The topological polar surface area (TPSA) is 44.0 Å². The fraction of sp³-hybridized carbons (Fsp3) is 0.545. The summed E-state index contributed by atoms with van der Waals surface area (Å²) in [6.45, 7) is 13.7. The average molecular weight is 661 g/mol. The lowest BCUT2D eigenvalue weighted by Gasteiger charge is -2.56. The molecule has 0 saturated carbocycles. The zero-order chi connectivity index (χ0) is 27.2. The van der Waals surface area contributed by atoms with E-state index in [0.29, 0.717) is 32.3 Å². The molecule has 2 bridgehead atoms. The Labute approximate surface area is 257 Å². The lowest BCUT2D eigenvalue weighted by molar-refractivity contribution is -0.698. The molecule has 4 heterocycles. The number of hydrogen-bond acceptors (Lipinski definition) is 5. The van der Waals surface area contributed by atoms with Crippen LogP contribution in [0.4, 0.5) is 0 Å². The van der Waals surface area contributed by atoms with Crippen LogP contribution in [0.2, 0.25) is 0 Å². The second kappa shape index (κ2) is 14.9. The number of aryl methyl sites for hydroxylation is 1. The third-order valence-corrected chi connectivity index (χ3v) is 8.62. The van der Waals surface area contributed by atoms with Crippen LogP contribution in [0.15, 0.2) is 68.0 Å². The molecular formula is C33H45IN2O4. The van der Waals surface area contributed by atoms with E-state index in [0.717, 1.165) is 43.5 Å². The number of aromatic nitrogens is 1. The first kappa shape index (κ1) is 31.2. The molecule has 4 aliphatic rings. The van der Waals surface area contributed by atoms with Crippen molar-refractivity contribution in [2.24, 2.45) is 5.92 Å². The third-order valence-electron chi connectivity index (χ3n) is 8.62. The Morgan fingerprint density at radius 2 is 1.88 bits per heavy atom. The molecule has 2 aromatic rings. The Bertz CT molecular complexity index is 1110. The zero-order valence-electron chi connectivity index (χ0n) is 24.1. The first-order chi connectivity index (χ1) is 19.2. The van der Waals surface area contributed by atoms with Crippen molar-refractivity contribution in [1.29, 1.82) is 0 Å². The van der Waals surface area contributed by atoms with Gasteiger partial charge in [0.1, 0.15) is 18.5 Å². The molecule has 2 fully saturated rings. The van der Waals surface area contributed by atoms with Crippen LogP contribution in [-0.2, 0) is 27.4 Å². The maximum absolute atomic E-state index is 6.56. The lowest BCUT2D eigenvalue weighted by Crippen LogP contribution is -3.00. The summed E-state index contributed by atoms with van der Waals surface area (Å²) in [4.78, 5) is 2.63. The van der Waals surface area contributed by atoms with Crippen molar-refractivity contribution in [2.45, 2.75) is 82.5 Å². The van der Waals surface area contributed by atoms with Gasteiger partial charge < -0.3 is 42.9 Å². The molecule has 40 heavy (non-hydrogen) atoms. The SMILES string of the molecule is C=CCCCC[n+]1ccc2c(c1)[C@@H]1[C@H](CCC=C)[C@H](OCC)[C@H]2[C@@H]2OC[C@@H](COCc3ccc(OC)cc3)N12.[I-]. The van der Waals surface area contributed by atoms with Gasteiger partial charge in [-0.25, -0.2) is 4.57 Å². The molecule has 218 valence electrons. The van der Waals surface area contributed by atoms with E-state index in [1.54, 1.807) is 7.11 Å². The van der Waals surface area contributed by atoms with E-state index in [2.05, 4.69) is 60.1 Å². The Morgan fingerprint density at radius 1 is 1.07 bits per heavy atom. The molecule has 0 amide bonds. The normalized spacial score (nSPS) is 26.6. The minimum atomic E-state index is 0. The number of fused-ring (bicyclic) bond motifs is 1. The summed E-state index contributed by atoms with van der Waals surface area (Å²) in [5, 5.41) is 0. The molecule has 6 nitrogen and oxygen atoms in total. The van der Waals surface area contributed by atoms with Crippen LogP contribution in [0.5, 0.6) is 5.75 Å². The minimum absolute atomic E-state index is 0. The summed E-state index contributed by atoms with van der Waals surface area (Å²) in [6.07, 6.45) is 14.3. The molecule has 1 aromatic carbocycles. The highest BCUT2D eigenvalue weighted by molar-refractivity contribution is 5.39. The molecule has 2 saturated heterocycles. The third kappa shape index (κ3) is 6.49. The Kier molecular flexibility index (Phi) is 11.6. The summed E-state index contributed by atoms with van der Waals surface area (Å²) in [6, 6.07) is 10.9. The van der Waals surface area contributed by atoms with E-state index in [9.17, 15) is 0 Å². The number of pyridine rings is 1. The van der Waals surface area contributed by atoms with Crippen LogP contribution in [0.1, 0.15) is 67.7 Å². The zero-order valence-corrected chi connectivity index (χ0v) is 26.2. The summed E-state index contributed by atoms with van der Waals surface area (Å²) >= 11 is 0. The van der Waals surface area contributed by atoms with E-state index < -0.39 is 0 Å². The van der Waals surface area contributed by atoms with Crippen LogP contribution in [0, 0.1) is 5.92 Å². The van der Waals surface area contributed by atoms with E-state index in [1.165, 1.54) is 17.5 Å². The van der Waals surface area contributed by atoms with Crippen LogP contribution in [0.3, 0.4) is 0 Å². The molecule has 0 radical (unpaired) electrons. The molecule has 6 atom stereocenters. The van der Waals surface area contributed by atoms with Gasteiger partial charge in [0.15, 0.2) is 12.4 Å². The van der Waals surface area contributed by atoms with Crippen molar-refractivity contribution in [3.05, 3.63) is 84.7 Å². The molecule has 3 aliphatic heterocycles. The number of hydrogen-bond donors (Lipinski definition) is 0. The van der Waals surface area contributed by atoms with Crippen molar-refractivity contribution >= 4 is 0 Å². The summed E-state index contributed by atoms with van der Waals surface area (Å²) < 4.78 is 27.0. The van der Waals surface area contributed by atoms with Crippen LogP contribution in [0.25, 0.3) is 0 Å². The second-order valence-electron chi connectivity index (χ2n) is 11.0. The van der Waals surface area contributed by atoms with Crippen molar-refractivity contribution < 1.29 is 47.5 Å². The first-order valence-electron chi connectivity index (χ1n) is 14.7. The van der Waals surface area contributed by atoms with Gasteiger partial charge in [0.05, 0.1) is 45.0 Å². The Balaban J connectivity index is 0.00000370. The molecule has 0 spiro atoms. The van der Waals surface area contributed by atoms with Gasteiger partial charge in [-0.15, -0.1) is 13.2 Å². The van der Waals surface area contributed by atoms with Crippen LogP contribution in [-0.4, -0.2) is 50.2 Å². The van der Waals surface area contributed by atoms with Crippen molar-refractivity contribution in [2.75, 3.05) is 26.9 Å². The lowest BCUT2D eigenvalue weighted by atomic mass is 9.65. The number of methoxy groups -OCH3 is 1. The fourth-order valence-electron chi connectivity index (χ4n) is 6.88. The highest BCUT2D eigenvalue weighted by Crippen LogP contribution is 2.57. The maximum Gasteiger partial charge on any atom is 0.173 e. The van der Waals surface area contributed by atoms with Crippen molar-refractivity contribution in [3.63, 3.8) is 0 Å². The standard InChI is InChI=1S/C33H45N2O4.HI/c1-5-8-10-11-18-34-19-17-27-29(20-34)31-28(12-9-6-2)32(38-7-3)30(27)33-35(31)25(23-39-33)22-37-21-24-13-15-26(36-4)16-14-24;/h5-6,13-17,19-20,25,28,30-33H,1-2,7-12,18,21-23H2,3-4H3;1H/q+1;/p-1/t25-,28+,30+,31+,32+,33+;/m1./s1. The van der Waals surface area contributed by atoms with Crippen LogP contribution < -0.4 is 33.3 Å². The summed E-state index contributed by atoms with van der Waals surface area (Å²) in [7, 11) is 1.69. The van der Waals surface area contributed by atoms with E-state index in [1.807, 2.05) is 24.3 Å². The van der Waals surface area contributed by atoms with E-state index >= 15 is 0 Å². The number of ether oxygens (including phenoxy) is 4. The van der Waals surface area contributed by atoms with Gasteiger partial charge in [0, 0.05) is 36.6 Å². The Hall–Kier alpha value is -1.78. The monoisotopic (exact) mass is 660 g/mol. The number of halogens is 1. The van der Waals surface area contributed by atoms with Gasteiger partial charge in [-0.1, -0.05) is 24.3 Å². The van der Waals surface area contributed by atoms with Crippen LogP contribution >= 0.6 is 0 Å². The number of benzene rings is 1. The number of rotatable bonds is 15. The first-order valence-corrected chi connectivity index (χ1v) is 14.7. The van der Waals surface area contributed by atoms with E-state index in [-0.39, 0.29) is 54.3 Å². The molecule has 7 heteroatoms. The van der Waals surface area contributed by atoms with Gasteiger partial charge in [0.25, 0.3) is 0 Å². The minimum Gasteiger partial charge on any atom is -1.00 e. The fourth-order valence-corrected chi connectivity index (χ4v) is 6.88. The second-order valence-corrected chi connectivity index (χ2v) is 11.0. The number of nitrogens with zero attached hydrogens (tertiary/aromatic N) is 2. The quantitative estimate of drug-likeness (QED) is 0.127. The van der Waals surface area contributed by atoms with Gasteiger partial charge in [-0.2, -0.15) is 0 Å². The molecule has 0 N–H and O–H groups in total. The predicted octanol–water partition coefficient (Wildman–Crippen LogP) is 2.73. The van der Waals surface area contributed by atoms with Crippen molar-refractivity contribution in [1.82, 2.24) is 4.90 Å². The maximum atomic E-state index is 6.56. The highest BCUT2D eigenvalue weighted by Gasteiger charge is 2.60. The number of piperidine rings is 1. The average Bonchev–Trinajstić information content (AvgIpc) is 3.39. The molecule has 1 aliphatic carbocycles. The van der Waals surface area contributed by atoms with Gasteiger partial charge in [0.2, 0.25) is 0 Å². The number of unbranched alkanes of at least 4 members (excludes halogenated alkanes) is 2. The largest absolute Gasteiger partial charge is 1.00 e. The van der Waals surface area contributed by atoms with Gasteiger partial charge in [-0.3, -0.25) is 4.90 Å². The Morgan fingerprint density at radius 3 is 2.60 bits per heavy atom. The summed E-state index contributed by atoms with van der Waals surface area (Å²) in [5.41, 5.74) is 3.99. The molecule has 6 rings (SSSR count). The number of allylic oxidation sites excluding steroid dienone is 2. The smallest absolute Gasteiger partial charge is 0.173 e. The molecular weight excluding hydrogens is 615 g/mol. The van der Waals surface area contributed by atoms with Gasteiger partial charge >= 0.3 is 0 Å². The van der Waals surface area contributed by atoms with E-state index in [4.69, 9.17) is 18.9 Å². The highest BCUT2D eigenvalue weighted by atomic mass is 127. The molecule has 0 unspecified atom stereocenters.